The van der Waals surface area contributed by atoms with Crippen LogP contribution in [0.25, 0.3) is 11.7 Å². The van der Waals surface area contributed by atoms with Crippen molar-refractivity contribution < 1.29 is 13.6 Å². The Kier molecular flexibility index (Phi) is 4.17. The number of halogens is 1. The summed E-state index contributed by atoms with van der Waals surface area (Å²) in [6.45, 7) is 0. The van der Waals surface area contributed by atoms with Gasteiger partial charge in [0.15, 0.2) is 5.76 Å². The van der Waals surface area contributed by atoms with Crippen LogP contribution in [0.5, 0.6) is 5.75 Å². The summed E-state index contributed by atoms with van der Waals surface area (Å²) in [5, 5.41) is 9.04. The standard InChI is InChI=1S/C14H11ClN2O3S/c1-18-11-5-4-10(15)7-9(11)8-21-14-17-16-13(20-14)12-3-2-6-19-12/h2-7H,8H2,1H3. The molecule has 0 unspecified atom stereocenters. The van der Waals surface area contributed by atoms with Crippen LogP contribution in [0.15, 0.2) is 50.7 Å². The first kappa shape index (κ1) is 14.0. The molecular weight excluding hydrogens is 312 g/mol. The molecule has 0 bridgehead atoms. The molecule has 21 heavy (non-hydrogen) atoms. The number of hydrogen-bond donors (Lipinski definition) is 0. The predicted octanol–water partition coefficient (Wildman–Crippen LogP) is 4.28. The van der Waals surface area contributed by atoms with Crippen molar-refractivity contribution in [2.24, 2.45) is 0 Å². The Morgan fingerprint density at radius 1 is 1.29 bits per heavy atom. The molecule has 3 aromatic rings. The van der Waals surface area contributed by atoms with Gasteiger partial charge in [-0.3, -0.25) is 0 Å². The van der Waals surface area contributed by atoms with Crippen molar-refractivity contribution in [2.75, 3.05) is 7.11 Å². The predicted molar refractivity (Wildman–Crippen MR) is 79.6 cm³/mol. The fourth-order valence-electron chi connectivity index (χ4n) is 1.77. The molecule has 0 aliphatic heterocycles. The number of aromatic nitrogens is 2. The minimum absolute atomic E-state index is 0.362. The molecule has 0 amide bonds. The molecule has 1 aromatic carbocycles. The molecule has 2 heterocycles. The topological polar surface area (TPSA) is 61.3 Å². The van der Waals surface area contributed by atoms with Gasteiger partial charge in [0.25, 0.3) is 11.1 Å². The molecule has 0 radical (unpaired) electrons. The van der Waals surface area contributed by atoms with E-state index in [2.05, 4.69) is 10.2 Å². The van der Waals surface area contributed by atoms with E-state index in [1.165, 1.54) is 11.8 Å². The summed E-state index contributed by atoms with van der Waals surface area (Å²) in [7, 11) is 1.62. The normalized spacial score (nSPS) is 10.8. The maximum atomic E-state index is 6.00. The lowest BCUT2D eigenvalue weighted by Crippen LogP contribution is -1.90. The van der Waals surface area contributed by atoms with Gasteiger partial charge in [0, 0.05) is 16.3 Å². The number of hydrogen-bond acceptors (Lipinski definition) is 6. The summed E-state index contributed by atoms with van der Waals surface area (Å²) in [6.07, 6.45) is 1.56. The highest BCUT2D eigenvalue weighted by Crippen LogP contribution is 2.30. The molecule has 0 saturated heterocycles. The summed E-state index contributed by atoms with van der Waals surface area (Å²) >= 11 is 7.41. The summed E-state index contributed by atoms with van der Waals surface area (Å²) in [4.78, 5) is 0. The first-order chi connectivity index (χ1) is 10.3. The lowest BCUT2D eigenvalue weighted by atomic mass is 10.2. The maximum Gasteiger partial charge on any atom is 0.284 e. The third-order valence-electron chi connectivity index (χ3n) is 2.73. The summed E-state index contributed by atoms with van der Waals surface area (Å²) in [5.41, 5.74) is 0.966. The zero-order valence-corrected chi connectivity index (χ0v) is 12.6. The highest BCUT2D eigenvalue weighted by atomic mass is 35.5. The van der Waals surface area contributed by atoms with Crippen molar-refractivity contribution in [3.63, 3.8) is 0 Å². The fraction of sp³-hybridized carbons (Fsp3) is 0.143. The van der Waals surface area contributed by atoms with Crippen molar-refractivity contribution in [1.82, 2.24) is 10.2 Å². The lowest BCUT2D eigenvalue weighted by molar-refractivity contribution is 0.411. The van der Waals surface area contributed by atoms with Crippen molar-refractivity contribution in [3.8, 4) is 17.4 Å². The fourth-order valence-corrected chi connectivity index (χ4v) is 2.70. The molecule has 0 atom stereocenters. The number of methoxy groups -OCH3 is 1. The first-order valence-corrected chi connectivity index (χ1v) is 7.45. The molecule has 5 nitrogen and oxygen atoms in total. The van der Waals surface area contributed by atoms with E-state index in [-0.39, 0.29) is 0 Å². The van der Waals surface area contributed by atoms with Gasteiger partial charge in [-0.25, -0.2) is 0 Å². The Morgan fingerprint density at radius 2 is 2.19 bits per heavy atom. The highest BCUT2D eigenvalue weighted by molar-refractivity contribution is 7.98. The average molecular weight is 323 g/mol. The van der Waals surface area contributed by atoms with Crippen LogP contribution in [0.1, 0.15) is 5.56 Å². The molecule has 7 heteroatoms. The van der Waals surface area contributed by atoms with Crippen molar-refractivity contribution in [2.45, 2.75) is 11.0 Å². The van der Waals surface area contributed by atoms with Gasteiger partial charge in [0.1, 0.15) is 5.75 Å². The highest BCUT2D eigenvalue weighted by Gasteiger charge is 2.12. The smallest absolute Gasteiger partial charge is 0.284 e. The van der Waals surface area contributed by atoms with Crippen molar-refractivity contribution >= 4 is 23.4 Å². The molecule has 0 fully saturated rings. The third kappa shape index (κ3) is 3.22. The summed E-state index contributed by atoms with van der Waals surface area (Å²) in [5.74, 6) is 2.30. The van der Waals surface area contributed by atoms with Crippen LogP contribution in [0, 0.1) is 0 Å². The van der Waals surface area contributed by atoms with Gasteiger partial charge in [0.2, 0.25) is 0 Å². The largest absolute Gasteiger partial charge is 0.496 e. The van der Waals surface area contributed by atoms with Gasteiger partial charge in [-0.05, 0) is 30.3 Å². The molecule has 2 aromatic heterocycles. The Balaban J connectivity index is 1.72. The number of benzene rings is 1. The van der Waals surface area contributed by atoms with Crippen LogP contribution in [0.3, 0.4) is 0 Å². The van der Waals surface area contributed by atoms with Gasteiger partial charge >= 0.3 is 0 Å². The van der Waals surface area contributed by atoms with Crippen LogP contribution >= 0.6 is 23.4 Å². The monoisotopic (exact) mass is 322 g/mol. The molecule has 0 aliphatic rings. The van der Waals surface area contributed by atoms with Gasteiger partial charge < -0.3 is 13.6 Å². The Morgan fingerprint density at radius 3 is 2.95 bits per heavy atom. The zero-order valence-electron chi connectivity index (χ0n) is 11.1. The minimum Gasteiger partial charge on any atom is -0.496 e. The van der Waals surface area contributed by atoms with Crippen LogP contribution < -0.4 is 4.74 Å². The molecule has 0 spiro atoms. The van der Waals surface area contributed by atoms with E-state index in [4.69, 9.17) is 25.2 Å². The molecule has 108 valence electrons. The van der Waals surface area contributed by atoms with Crippen molar-refractivity contribution in [3.05, 3.63) is 47.2 Å². The maximum absolute atomic E-state index is 6.00. The van der Waals surface area contributed by atoms with Crippen molar-refractivity contribution in [1.29, 1.82) is 0 Å². The number of rotatable bonds is 5. The molecule has 0 saturated carbocycles. The number of nitrogens with zero attached hydrogens (tertiary/aromatic N) is 2. The molecule has 0 aliphatic carbocycles. The molecular formula is C14H11ClN2O3S. The Labute approximate surface area is 130 Å². The first-order valence-electron chi connectivity index (χ1n) is 6.09. The van der Waals surface area contributed by atoms with E-state index < -0.39 is 0 Å². The van der Waals surface area contributed by atoms with E-state index in [0.717, 1.165) is 11.3 Å². The van der Waals surface area contributed by atoms with E-state index in [0.29, 0.717) is 27.6 Å². The van der Waals surface area contributed by atoms with Crippen LogP contribution in [-0.2, 0) is 5.75 Å². The minimum atomic E-state index is 0.362. The summed E-state index contributed by atoms with van der Waals surface area (Å²) in [6, 6.07) is 9.01. The Hall–Kier alpha value is -1.92. The number of furan rings is 1. The van der Waals surface area contributed by atoms with E-state index in [1.54, 1.807) is 31.6 Å². The number of thioether (sulfide) groups is 1. The second kappa shape index (κ2) is 6.24. The number of ether oxygens (including phenoxy) is 1. The Bertz CT molecular complexity index is 728. The quantitative estimate of drug-likeness (QED) is 0.653. The van der Waals surface area contributed by atoms with Crippen LogP contribution in [0.2, 0.25) is 5.02 Å². The second-order valence-corrected chi connectivity index (χ2v) is 5.46. The SMILES string of the molecule is COc1ccc(Cl)cc1CSc1nnc(-c2ccco2)o1. The lowest BCUT2D eigenvalue weighted by Gasteiger charge is -2.07. The van der Waals surface area contributed by atoms with Crippen LogP contribution in [-0.4, -0.2) is 17.3 Å². The summed E-state index contributed by atoms with van der Waals surface area (Å²) < 4.78 is 16.0. The van der Waals surface area contributed by atoms with Gasteiger partial charge in [-0.1, -0.05) is 23.4 Å². The molecule has 0 N–H and O–H groups in total. The van der Waals surface area contributed by atoms with E-state index in [9.17, 15) is 0 Å². The zero-order chi connectivity index (χ0) is 14.7. The van der Waals surface area contributed by atoms with E-state index >= 15 is 0 Å². The second-order valence-electron chi connectivity index (χ2n) is 4.10. The van der Waals surface area contributed by atoms with Gasteiger partial charge in [0.05, 0.1) is 13.4 Å². The van der Waals surface area contributed by atoms with Crippen LogP contribution in [0.4, 0.5) is 0 Å². The van der Waals surface area contributed by atoms with Gasteiger partial charge in [-0.15, -0.1) is 10.2 Å². The van der Waals surface area contributed by atoms with E-state index in [1.807, 2.05) is 12.1 Å². The van der Waals surface area contributed by atoms with Gasteiger partial charge in [-0.2, -0.15) is 0 Å². The molecule has 3 rings (SSSR count). The average Bonchev–Trinajstić information content (AvgIpc) is 3.16. The third-order valence-corrected chi connectivity index (χ3v) is 3.83.